The van der Waals surface area contributed by atoms with Crippen LogP contribution in [0.15, 0.2) is 53.6 Å². The van der Waals surface area contributed by atoms with Gasteiger partial charge in [-0.25, -0.2) is 15.4 Å². The minimum absolute atomic E-state index is 0.101. The molecule has 1 aliphatic rings. The summed E-state index contributed by atoms with van der Waals surface area (Å²) in [5.41, 5.74) is 3.58. The number of nitrogens with one attached hydrogen (secondary N) is 2. The molecule has 1 amide bonds. The van der Waals surface area contributed by atoms with E-state index < -0.39 is 6.10 Å². The Morgan fingerprint density at radius 3 is 3.00 bits per heavy atom. The van der Waals surface area contributed by atoms with E-state index in [9.17, 15) is 9.59 Å². The Morgan fingerprint density at radius 1 is 1.41 bits per heavy atom. The van der Waals surface area contributed by atoms with E-state index in [-0.39, 0.29) is 17.2 Å². The average molecular weight is 299 g/mol. The molecule has 2 aromatic rings. The lowest BCUT2D eigenvalue weighted by Crippen LogP contribution is -2.29. The second kappa shape index (κ2) is 5.78. The summed E-state index contributed by atoms with van der Waals surface area (Å²) in [4.78, 5) is 36.3. The van der Waals surface area contributed by atoms with Crippen LogP contribution in [-0.4, -0.2) is 20.4 Å². The maximum atomic E-state index is 12.0. The number of hydrogen-bond donors (Lipinski definition) is 2. The maximum Gasteiger partial charge on any atom is 0.275 e. The summed E-state index contributed by atoms with van der Waals surface area (Å²) in [6.07, 6.45) is 5.78. The Hall–Kier alpha value is -3.00. The number of carbonyl (C=O) groups excluding carboxylic acids is 1. The van der Waals surface area contributed by atoms with Crippen LogP contribution in [0.2, 0.25) is 0 Å². The molecule has 112 valence electrons. The molecule has 3 heterocycles. The van der Waals surface area contributed by atoms with E-state index in [0.29, 0.717) is 5.82 Å². The van der Waals surface area contributed by atoms with Crippen molar-refractivity contribution in [3.8, 4) is 0 Å². The standard InChI is InChI=1S/C14H13N5O3/c1-19-7-9(2-3-13(19)20)11-6-12(18-22-11)17-14(21)10-4-5-15-8-16-10/h2-8,11,18H,1H3,(H,17,21). The average Bonchev–Trinajstić information content (AvgIpc) is 2.99. The summed E-state index contributed by atoms with van der Waals surface area (Å²) in [5.74, 6) is 0.0494. The summed E-state index contributed by atoms with van der Waals surface area (Å²) in [5, 5.41) is 2.65. The van der Waals surface area contributed by atoms with Crippen LogP contribution < -0.4 is 16.4 Å². The molecule has 0 aromatic carbocycles. The largest absolute Gasteiger partial charge is 0.318 e. The molecule has 8 nitrogen and oxygen atoms in total. The lowest BCUT2D eigenvalue weighted by molar-refractivity contribution is 0.0385. The molecule has 1 atom stereocenters. The molecule has 8 heteroatoms. The predicted molar refractivity (Wildman–Crippen MR) is 76.2 cm³/mol. The Labute approximate surface area is 125 Å². The molecule has 0 fully saturated rings. The van der Waals surface area contributed by atoms with E-state index in [1.807, 2.05) is 0 Å². The van der Waals surface area contributed by atoms with Gasteiger partial charge in [0.25, 0.3) is 5.91 Å². The molecular formula is C14H13N5O3. The van der Waals surface area contributed by atoms with Gasteiger partial charge in [-0.3, -0.25) is 14.4 Å². The van der Waals surface area contributed by atoms with Gasteiger partial charge in [0.1, 0.15) is 23.9 Å². The Morgan fingerprint density at radius 2 is 2.27 bits per heavy atom. The van der Waals surface area contributed by atoms with Crippen molar-refractivity contribution in [3.05, 3.63) is 70.4 Å². The van der Waals surface area contributed by atoms with E-state index in [1.165, 1.54) is 29.2 Å². The molecule has 22 heavy (non-hydrogen) atoms. The number of amides is 1. The van der Waals surface area contributed by atoms with E-state index in [2.05, 4.69) is 20.8 Å². The molecule has 1 unspecified atom stereocenters. The third-order valence-corrected chi connectivity index (χ3v) is 3.11. The normalized spacial score (nSPS) is 16.8. The number of pyridine rings is 1. The van der Waals surface area contributed by atoms with Gasteiger partial charge in [0.05, 0.1) is 0 Å². The van der Waals surface area contributed by atoms with Crippen molar-refractivity contribution < 1.29 is 9.63 Å². The van der Waals surface area contributed by atoms with Crippen molar-refractivity contribution in [1.29, 1.82) is 0 Å². The van der Waals surface area contributed by atoms with Crippen molar-refractivity contribution >= 4 is 5.91 Å². The zero-order chi connectivity index (χ0) is 15.5. The minimum atomic E-state index is -0.396. The highest BCUT2D eigenvalue weighted by Crippen LogP contribution is 2.21. The van der Waals surface area contributed by atoms with Crippen molar-refractivity contribution in [2.45, 2.75) is 6.10 Å². The Bertz CT molecular complexity index is 785. The maximum absolute atomic E-state index is 12.0. The molecule has 0 bridgehead atoms. The van der Waals surface area contributed by atoms with Gasteiger partial charge in [-0.15, -0.1) is 0 Å². The molecule has 2 N–H and O–H groups in total. The fourth-order valence-electron chi connectivity index (χ4n) is 1.97. The van der Waals surface area contributed by atoms with Crippen LogP contribution >= 0.6 is 0 Å². The highest BCUT2D eigenvalue weighted by molar-refractivity contribution is 5.93. The monoisotopic (exact) mass is 299 g/mol. The van der Waals surface area contributed by atoms with Crippen LogP contribution in [0, 0.1) is 0 Å². The van der Waals surface area contributed by atoms with E-state index >= 15 is 0 Å². The van der Waals surface area contributed by atoms with Crippen LogP contribution in [0.3, 0.4) is 0 Å². The van der Waals surface area contributed by atoms with Gasteiger partial charge in [-0.2, -0.15) is 0 Å². The molecule has 0 saturated heterocycles. The van der Waals surface area contributed by atoms with Crippen LogP contribution in [0.4, 0.5) is 0 Å². The number of aromatic nitrogens is 3. The van der Waals surface area contributed by atoms with Crippen LogP contribution in [0.25, 0.3) is 0 Å². The molecule has 1 aliphatic heterocycles. The summed E-state index contributed by atoms with van der Waals surface area (Å²) in [7, 11) is 1.66. The molecular weight excluding hydrogens is 286 g/mol. The third-order valence-electron chi connectivity index (χ3n) is 3.11. The Kier molecular flexibility index (Phi) is 3.67. The molecule has 0 saturated carbocycles. The van der Waals surface area contributed by atoms with Gasteiger partial charge in [-0.05, 0) is 18.2 Å². The van der Waals surface area contributed by atoms with E-state index in [1.54, 1.807) is 25.4 Å². The van der Waals surface area contributed by atoms with Gasteiger partial charge in [0.2, 0.25) is 5.56 Å². The first-order valence-electron chi connectivity index (χ1n) is 6.51. The quantitative estimate of drug-likeness (QED) is 0.829. The number of hydroxylamine groups is 1. The molecule has 3 rings (SSSR count). The van der Waals surface area contributed by atoms with Crippen LogP contribution in [0.1, 0.15) is 22.2 Å². The van der Waals surface area contributed by atoms with E-state index in [4.69, 9.17) is 4.84 Å². The smallest absolute Gasteiger partial charge is 0.275 e. The number of rotatable bonds is 3. The van der Waals surface area contributed by atoms with Crippen LogP contribution in [0.5, 0.6) is 0 Å². The first-order valence-corrected chi connectivity index (χ1v) is 6.51. The first kappa shape index (κ1) is 14.0. The number of nitrogens with zero attached hydrogens (tertiary/aromatic N) is 3. The highest BCUT2D eigenvalue weighted by atomic mass is 16.7. The number of aryl methyl sites for hydroxylation is 1. The Balaban J connectivity index is 1.73. The summed E-state index contributed by atoms with van der Waals surface area (Å²) >= 11 is 0. The van der Waals surface area contributed by atoms with Crippen molar-refractivity contribution in [2.75, 3.05) is 0 Å². The molecule has 0 spiro atoms. The summed E-state index contributed by atoms with van der Waals surface area (Å²) < 4.78 is 1.46. The predicted octanol–water partition coefficient (Wildman–Crippen LogP) is 0.0226. The summed E-state index contributed by atoms with van der Waals surface area (Å²) in [6, 6.07) is 4.65. The number of carbonyl (C=O) groups is 1. The van der Waals surface area contributed by atoms with E-state index in [0.717, 1.165) is 5.56 Å². The summed E-state index contributed by atoms with van der Waals surface area (Å²) in [6.45, 7) is 0. The molecule has 0 radical (unpaired) electrons. The van der Waals surface area contributed by atoms with Crippen molar-refractivity contribution in [1.82, 2.24) is 25.3 Å². The lowest BCUT2D eigenvalue weighted by Gasteiger charge is -2.08. The molecule has 2 aromatic heterocycles. The van der Waals surface area contributed by atoms with Gasteiger partial charge in [0, 0.05) is 31.1 Å². The van der Waals surface area contributed by atoms with Crippen molar-refractivity contribution in [2.24, 2.45) is 7.05 Å². The second-order valence-corrected chi connectivity index (χ2v) is 4.68. The topological polar surface area (TPSA) is 98.1 Å². The molecule has 0 aliphatic carbocycles. The van der Waals surface area contributed by atoms with Gasteiger partial charge in [-0.1, -0.05) is 0 Å². The SMILES string of the molecule is Cn1cc(C2C=C(NC(=O)c3ccncn3)NO2)ccc1=O. The third kappa shape index (κ3) is 2.86. The van der Waals surface area contributed by atoms with Crippen molar-refractivity contribution in [3.63, 3.8) is 0 Å². The van der Waals surface area contributed by atoms with Gasteiger partial charge < -0.3 is 9.88 Å². The van der Waals surface area contributed by atoms with Gasteiger partial charge in [0.15, 0.2) is 0 Å². The number of hydrogen-bond acceptors (Lipinski definition) is 6. The second-order valence-electron chi connectivity index (χ2n) is 4.68. The zero-order valence-electron chi connectivity index (χ0n) is 11.7. The lowest BCUT2D eigenvalue weighted by atomic mass is 10.1. The van der Waals surface area contributed by atoms with Gasteiger partial charge >= 0.3 is 0 Å². The minimum Gasteiger partial charge on any atom is -0.318 e. The van der Waals surface area contributed by atoms with Crippen LogP contribution in [-0.2, 0) is 11.9 Å². The zero-order valence-corrected chi connectivity index (χ0v) is 11.7. The first-order chi connectivity index (χ1) is 10.6. The highest BCUT2D eigenvalue weighted by Gasteiger charge is 2.20. The fraction of sp³-hybridized carbons (Fsp3) is 0.143. The fourth-order valence-corrected chi connectivity index (χ4v) is 1.97.